The molecule has 1 heterocycles. The number of hydrogen-bond donors (Lipinski definition) is 1. The molecule has 0 saturated carbocycles. The Labute approximate surface area is 125 Å². The van der Waals surface area contributed by atoms with E-state index < -0.39 is 17.7 Å². The summed E-state index contributed by atoms with van der Waals surface area (Å²) < 4.78 is 5.32. The van der Waals surface area contributed by atoms with Gasteiger partial charge in [0.2, 0.25) is 0 Å². The van der Waals surface area contributed by atoms with Crippen LogP contribution < -0.4 is 0 Å². The van der Waals surface area contributed by atoms with Crippen LogP contribution in [0.25, 0.3) is 0 Å². The van der Waals surface area contributed by atoms with Gasteiger partial charge >= 0.3 is 6.09 Å². The first kappa shape index (κ1) is 15.6. The van der Waals surface area contributed by atoms with Gasteiger partial charge in [-0.1, -0.05) is 0 Å². The molecule has 1 N–H and O–H groups in total. The van der Waals surface area contributed by atoms with Crippen LogP contribution in [0.5, 0.6) is 0 Å². The quantitative estimate of drug-likeness (QED) is 0.871. The van der Waals surface area contributed by atoms with Gasteiger partial charge in [0, 0.05) is 18.4 Å². The number of nitrogens with zero attached hydrogens (tertiary/aromatic N) is 1. The fourth-order valence-electron chi connectivity index (χ4n) is 2.61. The van der Waals surface area contributed by atoms with E-state index in [1.807, 2.05) is 26.8 Å². The second-order valence-electron chi connectivity index (χ2n) is 6.61. The summed E-state index contributed by atoms with van der Waals surface area (Å²) in [6.45, 7) is 5.42. The maximum atomic E-state index is 12.1. The normalized spacial score (nSPS) is 16.0. The SMILES string of the molecule is CN(C(=O)OC(C)(C)C)C(C=O)c1cc2c([nH]1)CCCC2. The molecule has 0 bridgehead atoms. The van der Waals surface area contributed by atoms with E-state index in [0.29, 0.717) is 0 Å². The van der Waals surface area contributed by atoms with Crippen LogP contribution in [-0.4, -0.2) is 34.9 Å². The molecule has 2 rings (SSSR count). The van der Waals surface area contributed by atoms with Gasteiger partial charge < -0.3 is 14.5 Å². The van der Waals surface area contributed by atoms with E-state index in [9.17, 15) is 9.59 Å². The molecular weight excluding hydrogens is 268 g/mol. The Bertz CT molecular complexity index is 505. The third kappa shape index (κ3) is 3.65. The Hall–Kier alpha value is -1.78. The number of amides is 1. The van der Waals surface area contributed by atoms with Crippen LogP contribution in [0.1, 0.15) is 56.6 Å². The molecule has 116 valence electrons. The second-order valence-corrected chi connectivity index (χ2v) is 6.61. The topological polar surface area (TPSA) is 62.4 Å². The van der Waals surface area contributed by atoms with Gasteiger partial charge in [-0.3, -0.25) is 4.90 Å². The number of aryl methyl sites for hydroxylation is 2. The fraction of sp³-hybridized carbons (Fsp3) is 0.625. The van der Waals surface area contributed by atoms with Crippen molar-refractivity contribution in [2.75, 3.05) is 7.05 Å². The van der Waals surface area contributed by atoms with Crippen molar-refractivity contribution in [2.45, 2.75) is 58.1 Å². The number of ether oxygens (including phenoxy) is 1. The predicted molar refractivity (Wildman–Crippen MR) is 80.2 cm³/mol. The first-order chi connectivity index (χ1) is 9.81. The Morgan fingerprint density at radius 2 is 2.05 bits per heavy atom. The van der Waals surface area contributed by atoms with Crippen molar-refractivity contribution in [3.05, 3.63) is 23.0 Å². The van der Waals surface area contributed by atoms with Gasteiger partial charge in [0.15, 0.2) is 0 Å². The van der Waals surface area contributed by atoms with Crippen LogP contribution in [0.3, 0.4) is 0 Å². The van der Waals surface area contributed by atoms with Crippen LogP contribution in [0.15, 0.2) is 6.07 Å². The third-order valence-electron chi connectivity index (χ3n) is 3.68. The number of aldehydes is 1. The summed E-state index contributed by atoms with van der Waals surface area (Å²) >= 11 is 0. The first-order valence-electron chi connectivity index (χ1n) is 7.43. The second kappa shape index (κ2) is 5.92. The number of aromatic amines is 1. The van der Waals surface area contributed by atoms with Gasteiger partial charge in [0.05, 0.1) is 0 Å². The standard InChI is InChI=1S/C16H24N2O3/c1-16(2,3)21-15(20)18(4)14(10-19)13-9-11-7-5-6-8-12(11)17-13/h9-10,14,17H,5-8H2,1-4H3. The molecule has 1 aliphatic rings. The number of H-pyrrole nitrogens is 1. The number of aromatic nitrogens is 1. The van der Waals surface area contributed by atoms with Crippen molar-refractivity contribution in [1.82, 2.24) is 9.88 Å². The summed E-state index contributed by atoms with van der Waals surface area (Å²) in [7, 11) is 1.59. The zero-order chi connectivity index (χ0) is 15.6. The summed E-state index contributed by atoms with van der Waals surface area (Å²) in [4.78, 5) is 28.2. The van der Waals surface area contributed by atoms with E-state index in [1.165, 1.54) is 29.0 Å². The average Bonchev–Trinajstić information content (AvgIpc) is 2.80. The Morgan fingerprint density at radius 3 is 2.62 bits per heavy atom. The Kier molecular flexibility index (Phi) is 4.40. The maximum Gasteiger partial charge on any atom is 0.410 e. The molecule has 1 aliphatic carbocycles. The van der Waals surface area contributed by atoms with Crippen molar-refractivity contribution < 1.29 is 14.3 Å². The molecule has 0 spiro atoms. The van der Waals surface area contributed by atoms with Gasteiger partial charge in [-0.15, -0.1) is 0 Å². The lowest BCUT2D eigenvalue weighted by atomic mass is 9.98. The molecule has 1 atom stereocenters. The monoisotopic (exact) mass is 292 g/mol. The average molecular weight is 292 g/mol. The molecule has 5 heteroatoms. The van der Waals surface area contributed by atoms with Crippen molar-refractivity contribution in [2.24, 2.45) is 0 Å². The number of fused-ring (bicyclic) bond motifs is 1. The molecular formula is C16H24N2O3. The molecule has 0 aliphatic heterocycles. The van der Waals surface area contributed by atoms with E-state index >= 15 is 0 Å². The fourth-order valence-corrected chi connectivity index (χ4v) is 2.61. The third-order valence-corrected chi connectivity index (χ3v) is 3.68. The minimum Gasteiger partial charge on any atom is -0.444 e. The lowest BCUT2D eigenvalue weighted by Crippen LogP contribution is -2.37. The predicted octanol–water partition coefficient (Wildman–Crippen LogP) is 3.00. The van der Waals surface area contributed by atoms with Gasteiger partial charge in [0.25, 0.3) is 0 Å². The van der Waals surface area contributed by atoms with Gasteiger partial charge in [-0.05, 0) is 58.1 Å². The molecule has 0 saturated heterocycles. The first-order valence-corrected chi connectivity index (χ1v) is 7.43. The smallest absolute Gasteiger partial charge is 0.410 e. The summed E-state index contributed by atoms with van der Waals surface area (Å²) in [6.07, 6.45) is 4.68. The zero-order valence-corrected chi connectivity index (χ0v) is 13.2. The minimum absolute atomic E-state index is 0.493. The summed E-state index contributed by atoms with van der Waals surface area (Å²) in [5, 5.41) is 0. The van der Waals surface area contributed by atoms with Gasteiger partial charge in [-0.25, -0.2) is 4.79 Å². The molecule has 1 unspecified atom stereocenters. The number of hydrogen-bond acceptors (Lipinski definition) is 3. The molecule has 0 radical (unpaired) electrons. The maximum absolute atomic E-state index is 12.1. The van der Waals surface area contributed by atoms with Crippen LogP contribution in [0, 0.1) is 0 Å². The Morgan fingerprint density at radius 1 is 1.38 bits per heavy atom. The number of carbonyl (C=O) groups is 2. The van der Waals surface area contributed by atoms with Gasteiger partial charge in [-0.2, -0.15) is 0 Å². The minimum atomic E-state index is -0.634. The van der Waals surface area contributed by atoms with Crippen molar-refractivity contribution in [1.29, 1.82) is 0 Å². The van der Waals surface area contributed by atoms with E-state index in [-0.39, 0.29) is 0 Å². The highest BCUT2D eigenvalue weighted by molar-refractivity contribution is 5.74. The van der Waals surface area contributed by atoms with Crippen LogP contribution in [0.2, 0.25) is 0 Å². The van der Waals surface area contributed by atoms with Crippen molar-refractivity contribution >= 4 is 12.4 Å². The van der Waals surface area contributed by atoms with E-state index in [4.69, 9.17) is 4.74 Å². The molecule has 1 aromatic heterocycles. The van der Waals surface area contributed by atoms with Crippen LogP contribution in [-0.2, 0) is 22.4 Å². The lowest BCUT2D eigenvalue weighted by molar-refractivity contribution is -0.112. The van der Waals surface area contributed by atoms with E-state index in [1.54, 1.807) is 7.05 Å². The number of carbonyl (C=O) groups excluding carboxylic acids is 2. The molecule has 21 heavy (non-hydrogen) atoms. The van der Waals surface area contributed by atoms with Crippen molar-refractivity contribution in [3.63, 3.8) is 0 Å². The highest BCUT2D eigenvalue weighted by Gasteiger charge is 2.28. The van der Waals surface area contributed by atoms with E-state index in [2.05, 4.69) is 4.98 Å². The van der Waals surface area contributed by atoms with E-state index in [0.717, 1.165) is 24.8 Å². The van der Waals surface area contributed by atoms with Crippen molar-refractivity contribution in [3.8, 4) is 0 Å². The van der Waals surface area contributed by atoms with Gasteiger partial charge in [0.1, 0.15) is 17.9 Å². The largest absolute Gasteiger partial charge is 0.444 e. The number of likely N-dealkylation sites (N-methyl/N-ethyl adjacent to an activating group) is 1. The number of rotatable bonds is 3. The lowest BCUT2D eigenvalue weighted by Gasteiger charge is -2.27. The molecule has 0 fully saturated rings. The highest BCUT2D eigenvalue weighted by atomic mass is 16.6. The van der Waals surface area contributed by atoms with Crippen LogP contribution in [0.4, 0.5) is 4.79 Å². The molecule has 0 aromatic carbocycles. The zero-order valence-electron chi connectivity index (χ0n) is 13.2. The summed E-state index contributed by atoms with van der Waals surface area (Å²) in [5.74, 6) is 0. The molecule has 1 amide bonds. The summed E-state index contributed by atoms with van der Waals surface area (Å²) in [5.41, 5.74) is 2.65. The molecule has 1 aromatic rings. The van der Waals surface area contributed by atoms with Crippen LogP contribution >= 0.6 is 0 Å². The summed E-state index contributed by atoms with van der Waals surface area (Å²) in [6, 6.07) is 1.37. The Balaban J connectivity index is 2.17. The molecule has 5 nitrogen and oxygen atoms in total. The highest BCUT2D eigenvalue weighted by Crippen LogP contribution is 2.26. The number of nitrogens with one attached hydrogen (secondary N) is 1.